The Bertz CT molecular complexity index is 827. The molecule has 2 aromatic carbocycles. The van der Waals surface area contributed by atoms with Crippen molar-refractivity contribution in [2.75, 3.05) is 6.61 Å². The minimum absolute atomic E-state index is 0.184. The van der Waals surface area contributed by atoms with Crippen LogP contribution >= 0.6 is 11.3 Å². The molecule has 1 unspecified atom stereocenters. The highest BCUT2D eigenvalue weighted by atomic mass is 32.1. The first-order chi connectivity index (χ1) is 10.2. The van der Waals surface area contributed by atoms with Crippen LogP contribution in [-0.2, 0) is 6.42 Å². The van der Waals surface area contributed by atoms with Crippen LogP contribution in [0.2, 0.25) is 0 Å². The fourth-order valence-corrected chi connectivity index (χ4v) is 3.83. The van der Waals surface area contributed by atoms with Crippen molar-refractivity contribution >= 4 is 21.4 Å². The number of halogens is 1. The van der Waals surface area contributed by atoms with Crippen molar-refractivity contribution < 1.29 is 9.13 Å². The Kier molecular flexibility index (Phi) is 2.94. The third-order valence-electron chi connectivity index (χ3n) is 3.88. The molecular formula is C17H14FNOS. The molecule has 0 saturated heterocycles. The Balaban J connectivity index is 1.73. The first-order valence-electron chi connectivity index (χ1n) is 6.91. The van der Waals surface area contributed by atoms with E-state index in [9.17, 15) is 4.39 Å². The van der Waals surface area contributed by atoms with Crippen LogP contribution in [0, 0.1) is 5.82 Å². The molecule has 0 fully saturated rings. The summed E-state index contributed by atoms with van der Waals surface area (Å²) in [6, 6.07) is 12.8. The van der Waals surface area contributed by atoms with E-state index in [0.717, 1.165) is 39.3 Å². The van der Waals surface area contributed by atoms with Crippen molar-refractivity contribution in [1.29, 1.82) is 0 Å². The summed E-state index contributed by atoms with van der Waals surface area (Å²) in [6.07, 6.45) is 0.938. The molecule has 1 aliphatic heterocycles. The van der Waals surface area contributed by atoms with Crippen LogP contribution in [-0.4, -0.2) is 6.61 Å². The van der Waals surface area contributed by atoms with Crippen LogP contribution in [0.15, 0.2) is 42.5 Å². The van der Waals surface area contributed by atoms with Crippen LogP contribution in [0.25, 0.3) is 10.1 Å². The average Bonchev–Trinajstić information content (AvgIpc) is 3.11. The van der Waals surface area contributed by atoms with Gasteiger partial charge in [-0.05, 0) is 46.8 Å². The van der Waals surface area contributed by atoms with Gasteiger partial charge in [-0.1, -0.05) is 12.1 Å². The van der Waals surface area contributed by atoms with Gasteiger partial charge in [-0.25, -0.2) is 4.39 Å². The van der Waals surface area contributed by atoms with E-state index >= 15 is 0 Å². The van der Waals surface area contributed by atoms with Gasteiger partial charge in [0, 0.05) is 16.0 Å². The highest BCUT2D eigenvalue weighted by Gasteiger charge is 2.17. The summed E-state index contributed by atoms with van der Waals surface area (Å²) in [5.74, 6) is 0.750. The maximum atomic E-state index is 13.3. The van der Waals surface area contributed by atoms with E-state index in [1.807, 2.05) is 24.3 Å². The van der Waals surface area contributed by atoms with Gasteiger partial charge in [-0.2, -0.15) is 0 Å². The Morgan fingerprint density at radius 3 is 2.95 bits per heavy atom. The lowest BCUT2D eigenvalue weighted by Gasteiger charge is -2.11. The molecule has 0 radical (unpaired) electrons. The number of thiophene rings is 1. The van der Waals surface area contributed by atoms with Gasteiger partial charge in [0.05, 0.1) is 12.6 Å². The highest BCUT2D eigenvalue weighted by Crippen LogP contribution is 2.34. The lowest BCUT2D eigenvalue weighted by Crippen LogP contribution is -2.10. The first kappa shape index (κ1) is 12.8. The van der Waals surface area contributed by atoms with Gasteiger partial charge in [0.15, 0.2) is 0 Å². The van der Waals surface area contributed by atoms with Crippen LogP contribution in [0.3, 0.4) is 0 Å². The van der Waals surface area contributed by atoms with E-state index in [1.54, 1.807) is 17.4 Å². The summed E-state index contributed by atoms with van der Waals surface area (Å²) in [7, 11) is 0. The second-order valence-corrected chi connectivity index (χ2v) is 6.39. The lowest BCUT2D eigenvalue weighted by atomic mass is 10.0. The first-order valence-corrected chi connectivity index (χ1v) is 7.72. The molecule has 1 atom stereocenters. The number of rotatable bonds is 2. The van der Waals surface area contributed by atoms with Gasteiger partial charge in [0.2, 0.25) is 0 Å². The summed E-state index contributed by atoms with van der Waals surface area (Å²) in [5.41, 5.74) is 8.68. The van der Waals surface area contributed by atoms with Gasteiger partial charge >= 0.3 is 0 Å². The minimum Gasteiger partial charge on any atom is -0.493 e. The summed E-state index contributed by atoms with van der Waals surface area (Å²) in [4.78, 5) is 1.05. The quantitative estimate of drug-likeness (QED) is 0.775. The Morgan fingerprint density at radius 1 is 1.14 bits per heavy atom. The number of hydrogen-bond acceptors (Lipinski definition) is 3. The molecule has 2 nitrogen and oxygen atoms in total. The largest absolute Gasteiger partial charge is 0.493 e. The Morgan fingerprint density at radius 2 is 2.05 bits per heavy atom. The molecule has 4 rings (SSSR count). The normalized spacial score (nSPS) is 15.0. The molecule has 21 heavy (non-hydrogen) atoms. The number of fused-ring (bicyclic) bond motifs is 2. The van der Waals surface area contributed by atoms with E-state index < -0.39 is 0 Å². The molecule has 4 heteroatoms. The number of hydrogen-bond donors (Lipinski definition) is 1. The van der Waals surface area contributed by atoms with Gasteiger partial charge in [-0.15, -0.1) is 11.3 Å². The van der Waals surface area contributed by atoms with Crippen molar-refractivity contribution in [3.05, 3.63) is 64.3 Å². The molecule has 2 N–H and O–H groups in total. The zero-order valence-corrected chi connectivity index (χ0v) is 12.1. The van der Waals surface area contributed by atoms with Crippen molar-refractivity contribution in [2.24, 2.45) is 5.73 Å². The third-order valence-corrected chi connectivity index (χ3v) is 5.08. The van der Waals surface area contributed by atoms with E-state index in [0.29, 0.717) is 0 Å². The monoisotopic (exact) mass is 299 g/mol. The van der Waals surface area contributed by atoms with Gasteiger partial charge in [0.25, 0.3) is 0 Å². The minimum atomic E-state index is -0.213. The molecule has 106 valence electrons. The molecule has 1 aromatic heterocycles. The predicted octanol–water partition coefficient (Wildman–Crippen LogP) is 4.02. The molecule has 2 heterocycles. The van der Waals surface area contributed by atoms with Gasteiger partial charge in [0.1, 0.15) is 11.6 Å². The zero-order chi connectivity index (χ0) is 14.4. The molecule has 0 amide bonds. The van der Waals surface area contributed by atoms with Crippen molar-refractivity contribution in [2.45, 2.75) is 12.5 Å². The second-order valence-electron chi connectivity index (χ2n) is 5.27. The van der Waals surface area contributed by atoms with Crippen molar-refractivity contribution in [1.82, 2.24) is 0 Å². The van der Waals surface area contributed by atoms with Crippen LogP contribution in [0.1, 0.15) is 22.0 Å². The number of benzene rings is 2. The standard InChI is InChI=1S/C17H14FNOS/c18-13-2-4-15-12(8-13)9-16(21-15)17(19)11-1-3-14-10(7-11)5-6-20-14/h1-4,7-9,17H,5-6,19H2. The number of nitrogens with two attached hydrogens (primary N) is 1. The third kappa shape index (κ3) is 2.20. The second kappa shape index (κ2) is 4.83. The smallest absolute Gasteiger partial charge is 0.123 e. The SMILES string of the molecule is NC(c1ccc2c(c1)CCO2)c1cc2cc(F)ccc2s1. The fraction of sp³-hybridized carbons (Fsp3) is 0.176. The molecule has 0 bridgehead atoms. The highest BCUT2D eigenvalue weighted by molar-refractivity contribution is 7.19. The Labute approximate surface area is 126 Å². The van der Waals surface area contributed by atoms with Crippen LogP contribution in [0.4, 0.5) is 4.39 Å². The summed E-state index contributed by atoms with van der Waals surface area (Å²) < 4.78 is 19.9. The summed E-state index contributed by atoms with van der Waals surface area (Å²) in [6.45, 7) is 0.746. The number of ether oxygens (including phenoxy) is 1. The molecule has 1 aliphatic rings. The molecular weight excluding hydrogens is 285 g/mol. The van der Waals surface area contributed by atoms with Crippen molar-refractivity contribution in [3.63, 3.8) is 0 Å². The van der Waals surface area contributed by atoms with E-state index in [-0.39, 0.29) is 11.9 Å². The summed E-state index contributed by atoms with van der Waals surface area (Å²) in [5, 5.41) is 0.912. The predicted molar refractivity (Wildman–Crippen MR) is 83.5 cm³/mol. The maximum absolute atomic E-state index is 13.3. The topological polar surface area (TPSA) is 35.2 Å². The lowest BCUT2D eigenvalue weighted by molar-refractivity contribution is 0.357. The average molecular weight is 299 g/mol. The fourth-order valence-electron chi connectivity index (χ4n) is 2.75. The maximum Gasteiger partial charge on any atom is 0.123 e. The van der Waals surface area contributed by atoms with Gasteiger partial charge < -0.3 is 10.5 Å². The van der Waals surface area contributed by atoms with Gasteiger partial charge in [-0.3, -0.25) is 0 Å². The molecule has 3 aromatic rings. The van der Waals surface area contributed by atoms with E-state index in [4.69, 9.17) is 10.5 Å². The van der Waals surface area contributed by atoms with Crippen LogP contribution < -0.4 is 10.5 Å². The van der Waals surface area contributed by atoms with E-state index in [1.165, 1.54) is 11.6 Å². The van der Waals surface area contributed by atoms with Crippen LogP contribution in [0.5, 0.6) is 5.75 Å². The summed E-state index contributed by atoms with van der Waals surface area (Å²) >= 11 is 1.62. The molecule has 0 saturated carbocycles. The molecule has 0 spiro atoms. The zero-order valence-electron chi connectivity index (χ0n) is 11.3. The Hall–Kier alpha value is -1.91. The van der Waals surface area contributed by atoms with Crippen molar-refractivity contribution in [3.8, 4) is 5.75 Å². The van der Waals surface area contributed by atoms with E-state index in [2.05, 4.69) is 6.07 Å². The molecule has 0 aliphatic carbocycles.